The van der Waals surface area contributed by atoms with Crippen LogP contribution in [0.3, 0.4) is 0 Å². The lowest BCUT2D eigenvalue weighted by atomic mass is 9.78. The molecular formula is C13H23N3O. The monoisotopic (exact) mass is 237 g/mol. The molecule has 2 rings (SSSR count). The Morgan fingerprint density at radius 1 is 1.53 bits per heavy atom. The van der Waals surface area contributed by atoms with Gasteiger partial charge in [0.1, 0.15) is 0 Å². The summed E-state index contributed by atoms with van der Waals surface area (Å²) >= 11 is 0. The van der Waals surface area contributed by atoms with Crippen LogP contribution in [0.4, 0.5) is 5.95 Å². The summed E-state index contributed by atoms with van der Waals surface area (Å²) in [6.45, 7) is 2.84. The summed E-state index contributed by atoms with van der Waals surface area (Å²) in [6.07, 6.45) is 9.01. The molecule has 0 bridgehead atoms. The first-order valence-corrected chi connectivity index (χ1v) is 6.56. The molecule has 1 aliphatic carbocycles. The minimum absolute atomic E-state index is 0.544. The maximum Gasteiger partial charge on any atom is 0.202 e. The molecule has 4 nitrogen and oxygen atoms in total. The lowest BCUT2D eigenvalue weighted by Crippen LogP contribution is -2.40. The highest BCUT2D eigenvalue weighted by Crippen LogP contribution is 2.33. The smallest absolute Gasteiger partial charge is 0.202 e. The van der Waals surface area contributed by atoms with Crippen LogP contribution in [0, 0.1) is 5.92 Å². The van der Waals surface area contributed by atoms with E-state index in [0.717, 1.165) is 37.5 Å². The van der Waals surface area contributed by atoms with Gasteiger partial charge in [0.25, 0.3) is 0 Å². The first-order valence-electron chi connectivity index (χ1n) is 6.56. The van der Waals surface area contributed by atoms with Crippen molar-refractivity contribution in [3.05, 3.63) is 12.4 Å². The average Bonchev–Trinajstić information content (AvgIpc) is 2.74. The number of aromatic nitrogens is 2. The van der Waals surface area contributed by atoms with E-state index in [-0.39, 0.29) is 0 Å². The van der Waals surface area contributed by atoms with Gasteiger partial charge in [0.2, 0.25) is 5.95 Å². The third-order valence-electron chi connectivity index (χ3n) is 4.01. The molecule has 96 valence electrons. The van der Waals surface area contributed by atoms with Crippen LogP contribution in [0.15, 0.2) is 12.4 Å². The van der Waals surface area contributed by atoms with Crippen LogP contribution in [0.5, 0.6) is 0 Å². The maximum absolute atomic E-state index is 10.5. The fourth-order valence-corrected chi connectivity index (χ4v) is 2.58. The van der Waals surface area contributed by atoms with Crippen molar-refractivity contribution in [2.75, 3.05) is 11.9 Å². The van der Waals surface area contributed by atoms with Crippen molar-refractivity contribution < 1.29 is 5.11 Å². The zero-order valence-corrected chi connectivity index (χ0v) is 10.8. The first-order chi connectivity index (χ1) is 8.13. The van der Waals surface area contributed by atoms with Gasteiger partial charge in [-0.3, -0.25) is 0 Å². The Kier molecular flexibility index (Phi) is 3.72. The topological polar surface area (TPSA) is 50.1 Å². The number of hydrogen-bond donors (Lipinski definition) is 2. The highest BCUT2D eigenvalue weighted by molar-refractivity contribution is 5.26. The minimum Gasteiger partial charge on any atom is -0.388 e. The lowest BCUT2D eigenvalue weighted by Gasteiger charge is -2.35. The number of rotatable bonds is 4. The van der Waals surface area contributed by atoms with Gasteiger partial charge in [0, 0.05) is 26.0 Å². The molecule has 0 radical (unpaired) electrons. The molecule has 0 atom stereocenters. The van der Waals surface area contributed by atoms with Crippen LogP contribution in [0.2, 0.25) is 0 Å². The van der Waals surface area contributed by atoms with Crippen LogP contribution in [-0.2, 0) is 7.05 Å². The van der Waals surface area contributed by atoms with Crippen LogP contribution in [0.1, 0.15) is 39.0 Å². The van der Waals surface area contributed by atoms with Gasteiger partial charge in [-0.25, -0.2) is 4.98 Å². The molecule has 0 saturated heterocycles. The third kappa shape index (κ3) is 3.00. The predicted octanol–water partition coefficient (Wildman–Crippen LogP) is 2.16. The summed E-state index contributed by atoms with van der Waals surface area (Å²) in [5, 5.41) is 13.7. The van der Waals surface area contributed by atoms with Crippen molar-refractivity contribution in [3.63, 3.8) is 0 Å². The molecule has 0 aliphatic heterocycles. The Hall–Kier alpha value is -1.03. The van der Waals surface area contributed by atoms with E-state index in [1.807, 2.05) is 17.8 Å². The number of nitrogens with one attached hydrogen (secondary N) is 1. The van der Waals surface area contributed by atoms with Crippen LogP contribution in [-0.4, -0.2) is 26.8 Å². The van der Waals surface area contributed by atoms with Gasteiger partial charge in [-0.1, -0.05) is 13.3 Å². The number of nitrogens with zero attached hydrogens (tertiary/aromatic N) is 2. The van der Waals surface area contributed by atoms with E-state index < -0.39 is 5.60 Å². The standard InChI is InChI=1S/C13H23N3O/c1-3-11-4-6-13(17,7-5-11)10-15-12-14-8-9-16(12)2/h8-9,11,17H,3-7,10H2,1-2H3,(H,14,15). The van der Waals surface area contributed by atoms with Crippen LogP contribution < -0.4 is 5.32 Å². The summed E-state index contributed by atoms with van der Waals surface area (Å²) in [5.41, 5.74) is -0.544. The molecule has 1 aromatic heterocycles. The SMILES string of the molecule is CCC1CCC(O)(CNc2nccn2C)CC1. The Morgan fingerprint density at radius 3 is 2.76 bits per heavy atom. The highest BCUT2D eigenvalue weighted by Gasteiger charge is 2.32. The van der Waals surface area contributed by atoms with E-state index >= 15 is 0 Å². The molecule has 0 unspecified atom stereocenters. The third-order valence-corrected chi connectivity index (χ3v) is 4.01. The normalized spacial score (nSPS) is 29.2. The fraction of sp³-hybridized carbons (Fsp3) is 0.769. The fourth-order valence-electron chi connectivity index (χ4n) is 2.58. The summed E-state index contributed by atoms with van der Waals surface area (Å²) in [7, 11) is 1.95. The second-order valence-electron chi connectivity index (χ2n) is 5.29. The van der Waals surface area contributed by atoms with Crippen LogP contribution >= 0.6 is 0 Å². The zero-order chi connectivity index (χ0) is 12.3. The van der Waals surface area contributed by atoms with E-state index in [2.05, 4.69) is 17.2 Å². The zero-order valence-electron chi connectivity index (χ0n) is 10.8. The summed E-state index contributed by atoms with van der Waals surface area (Å²) in [6, 6.07) is 0. The first kappa shape index (κ1) is 12.4. The van der Waals surface area contributed by atoms with Gasteiger partial charge in [-0.2, -0.15) is 0 Å². The Labute approximate surface area is 103 Å². The number of aryl methyl sites for hydroxylation is 1. The molecule has 1 fully saturated rings. The van der Waals surface area contributed by atoms with Crippen molar-refractivity contribution in [1.29, 1.82) is 0 Å². The Morgan fingerprint density at radius 2 is 2.24 bits per heavy atom. The second kappa shape index (κ2) is 5.08. The molecule has 0 amide bonds. The molecule has 1 heterocycles. The number of aliphatic hydroxyl groups is 1. The van der Waals surface area contributed by atoms with Crippen molar-refractivity contribution in [3.8, 4) is 0 Å². The van der Waals surface area contributed by atoms with E-state index in [1.54, 1.807) is 6.20 Å². The molecule has 2 N–H and O–H groups in total. The lowest BCUT2D eigenvalue weighted by molar-refractivity contribution is 0.00213. The van der Waals surface area contributed by atoms with Gasteiger partial charge in [0.05, 0.1) is 5.60 Å². The van der Waals surface area contributed by atoms with E-state index in [1.165, 1.54) is 6.42 Å². The quantitative estimate of drug-likeness (QED) is 0.843. The summed E-state index contributed by atoms with van der Waals surface area (Å²) in [4.78, 5) is 4.20. The van der Waals surface area contributed by atoms with E-state index in [0.29, 0.717) is 6.54 Å². The molecule has 1 saturated carbocycles. The second-order valence-corrected chi connectivity index (χ2v) is 5.29. The molecule has 0 spiro atoms. The van der Waals surface area contributed by atoms with E-state index in [4.69, 9.17) is 0 Å². The van der Waals surface area contributed by atoms with Gasteiger partial charge >= 0.3 is 0 Å². The Bertz CT molecular complexity index is 353. The van der Waals surface area contributed by atoms with Gasteiger partial charge < -0.3 is 15.0 Å². The molecule has 4 heteroatoms. The van der Waals surface area contributed by atoms with Gasteiger partial charge in [-0.05, 0) is 31.6 Å². The van der Waals surface area contributed by atoms with Crippen LogP contribution in [0.25, 0.3) is 0 Å². The Balaban J connectivity index is 1.85. The van der Waals surface area contributed by atoms with E-state index in [9.17, 15) is 5.11 Å². The minimum atomic E-state index is -0.544. The summed E-state index contributed by atoms with van der Waals surface area (Å²) in [5.74, 6) is 1.64. The number of imidazole rings is 1. The molecule has 0 aromatic carbocycles. The predicted molar refractivity (Wildman–Crippen MR) is 68.9 cm³/mol. The summed E-state index contributed by atoms with van der Waals surface area (Å²) < 4.78 is 1.93. The van der Waals surface area contributed by atoms with Crippen molar-refractivity contribution in [2.24, 2.45) is 13.0 Å². The molecule has 17 heavy (non-hydrogen) atoms. The van der Waals surface area contributed by atoms with Gasteiger partial charge in [-0.15, -0.1) is 0 Å². The van der Waals surface area contributed by atoms with Crippen molar-refractivity contribution in [2.45, 2.75) is 44.6 Å². The average molecular weight is 237 g/mol. The molecule has 1 aromatic rings. The maximum atomic E-state index is 10.5. The molecular weight excluding hydrogens is 214 g/mol. The largest absolute Gasteiger partial charge is 0.388 e. The van der Waals surface area contributed by atoms with Crippen molar-refractivity contribution in [1.82, 2.24) is 9.55 Å². The highest BCUT2D eigenvalue weighted by atomic mass is 16.3. The molecule has 1 aliphatic rings. The van der Waals surface area contributed by atoms with Gasteiger partial charge in [0.15, 0.2) is 0 Å². The van der Waals surface area contributed by atoms with Crippen molar-refractivity contribution >= 4 is 5.95 Å². The number of hydrogen-bond acceptors (Lipinski definition) is 3. The number of anilines is 1.